The highest BCUT2D eigenvalue weighted by Crippen LogP contribution is 2.29. The summed E-state index contributed by atoms with van der Waals surface area (Å²) in [6, 6.07) is 0. The Hall–Kier alpha value is -0.300. The van der Waals surface area contributed by atoms with Gasteiger partial charge in [0.05, 0.1) is 6.10 Å². The van der Waals surface area contributed by atoms with E-state index in [9.17, 15) is 0 Å². The number of ether oxygens (including phenoxy) is 1. The smallest absolute Gasteiger partial charge is 0.102 e. The van der Waals surface area contributed by atoms with Gasteiger partial charge < -0.3 is 4.74 Å². The zero-order valence-electron chi connectivity index (χ0n) is 14.1. The first-order valence-electron chi connectivity index (χ1n) is 9.06. The molecule has 1 saturated heterocycles. The number of epoxide rings is 1. The van der Waals surface area contributed by atoms with Crippen molar-refractivity contribution in [2.75, 3.05) is 0 Å². The molecule has 0 spiro atoms. The Morgan fingerprint density at radius 2 is 1.60 bits per heavy atom. The fourth-order valence-electron chi connectivity index (χ4n) is 2.70. The molecule has 2 atom stereocenters. The van der Waals surface area contributed by atoms with Crippen LogP contribution < -0.4 is 0 Å². The summed E-state index contributed by atoms with van der Waals surface area (Å²) in [6.45, 7) is 6.85. The highest BCUT2D eigenvalue weighted by Gasteiger charge is 2.35. The second kappa shape index (κ2) is 11.4. The molecule has 0 aromatic rings. The largest absolute Gasteiger partial charge is 0.365 e. The van der Waals surface area contributed by atoms with Crippen molar-refractivity contribution in [3.8, 4) is 0 Å². The van der Waals surface area contributed by atoms with Gasteiger partial charge in [-0.25, -0.2) is 0 Å². The van der Waals surface area contributed by atoms with Gasteiger partial charge in [0.15, 0.2) is 0 Å². The normalized spacial score (nSPS) is 22.0. The number of unbranched alkanes of at least 4 members (excludes halogenated alkanes) is 7. The average Bonchev–Trinajstić information content (AvgIpc) is 3.16. The molecule has 0 N–H and O–H groups in total. The van der Waals surface area contributed by atoms with Crippen LogP contribution in [0.2, 0.25) is 0 Å². The molecule has 1 rings (SSSR count). The lowest BCUT2D eigenvalue weighted by atomic mass is 10.1. The van der Waals surface area contributed by atoms with Gasteiger partial charge in [0.2, 0.25) is 0 Å². The van der Waals surface area contributed by atoms with Crippen molar-refractivity contribution in [1.82, 2.24) is 0 Å². The summed E-state index contributed by atoms with van der Waals surface area (Å²) in [7, 11) is 0. The molecular formula is C19H36O. The van der Waals surface area contributed by atoms with Gasteiger partial charge >= 0.3 is 0 Å². The Labute approximate surface area is 127 Å². The van der Waals surface area contributed by atoms with Crippen LogP contribution in [-0.2, 0) is 4.74 Å². The fourth-order valence-corrected chi connectivity index (χ4v) is 2.70. The first-order chi connectivity index (χ1) is 9.74. The quantitative estimate of drug-likeness (QED) is 0.220. The molecule has 20 heavy (non-hydrogen) atoms. The van der Waals surface area contributed by atoms with E-state index in [1.807, 2.05) is 0 Å². The van der Waals surface area contributed by atoms with Crippen molar-refractivity contribution in [2.45, 2.75) is 104 Å². The van der Waals surface area contributed by atoms with E-state index in [0.717, 1.165) is 5.92 Å². The topological polar surface area (TPSA) is 12.5 Å². The van der Waals surface area contributed by atoms with Crippen LogP contribution in [0.3, 0.4) is 0 Å². The second-order valence-electron chi connectivity index (χ2n) is 6.80. The lowest BCUT2D eigenvalue weighted by Crippen LogP contribution is -1.91. The number of allylic oxidation sites excluding steroid dienone is 1. The first kappa shape index (κ1) is 17.8. The van der Waals surface area contributed by atoms with E-state index in [0.29, 0.717) is 12.2 Å². The van der Waals surface area contributed by atoms with Crippen LogP contribution in [0, 0.1) is 5.92 Å². The van der Waals surface area contributed by atoms with Gasteiger partial charge in [-0.3, -0.25) is 0 Å². The van der Waals surface area contributed by atoms with E-state index < -0.39 is 0 Å². The minimum atomic E-state index is 0.451. The highest BCUT2D eigenvalue weighted by atomic mass is 16.6. The minimum Gasteiger partial charge on any atom is -0.365 e. The minimum absolute atomic E-state index is 0.451. The molecule has 118 valence electrons. The summed E-state index contributed by atoms with van der Waals surface area (Å²) in [5, 5.41) is 0. The maximum atomic E-state index is 5.70. The van der Waals surface area contributed by atoms with E-state index in [2.05, 4.69) is 32.9 Å². The van der Waals surface area contributed by atoms with Gasteiger partial charge in [-0.1, -0.05) is 84.3 Å². The molecule has 1 heterocycles. The van der Waals surface area contributed by atoms with Crippen molar-refractivity contribution in [3.05, 3.63) is 12.2 Å². The van der Waals surface area contributed by atoms with Crippen molar-refractivity contribution in [2.24, 2.45) is 5.92 Å². The van der Waals surface area contributed by atoms with E-state index in [1.165, 1.54) is 70.6 Å². The Balaban J connectivity index is 1.83. The van der Waals surface area contributed by atoms with Crippen LogP contribution in [0.1, 0.15) is 91.4 Å². The van der Waals surface area contributed by atoms with Gasteiger partial charge in [0, 0.05) is 0 Å². The van der Waals surface area contributed by atoms with E-state index >= 15 is 0 Å². The van der Waals surface area contributed by atoms with Crippen LogP contribution in [0.15, 0.2) is 12.2 Å². The molecule has 0 radical (unpaired) electrons. The Morgan fingerprint density at radius 3 is 2.25 bits per heavy atom. The molecule has 0 amide bonds. The third-order valence-corrected chi connectivity index (χ3v) is 4.20. The van der Waals surface area contributed by atoms with Crippen molar-refractivity contribution >= 4 is 0 Å². The summed E-state index contributed by atoms with van der Waals surface area (Å²) in [5.74, 6) is 0.813. The Bertz CT molecular complexity index is 244. The molecule has 1 aliphatic heterocycles. The predicted octanol–water partition coefficient (Wildman–Crippen LogP) is 6.28. The monoisotopic (exact) mass is 280 g/mol. The van der Waals surface area contributed by atoms with Gasteiger partial charge in [-0.15, -0.1) is 0 Å². The summed E-state index contributed by atoms with van der Waals surface area (Å²) in [4.78, 5) is 0. The van der Waals surface area contributed by atoms with Crippen LogP contribution in [-0.4, -0.2) is 12.2 Å². The average molecular weight is 280 g/mol. The third-order valence-electron chi connectivity index (χ3n) is 4.20. The second-order valence-corrected chi connectivity index (χ2v) is 6.80. The number of hydrogen-bond acceptors (Lipinski definition) is 1. The van der Waals surface area contributed by atoms with Crippen molar-refractivity contribution in [1.29, 1.82) is 0 Å². The Morgan fingerprint density at radius 1 is 0.950 bits per heavy atom. The summed E-state index contributed by atoms with van der Waals surface area (Å²) < 4.78 is 5.70. The molecule has 1 heteroatoms. The van der Waals surface area contributed by atoms with Gasteiger partial charge in [0.1, 0.15) is 6.10 Å². The lowest BCUT2D eigenvalue weighted by molar-refractivity contribution is 0.372. The molecule has 0 bridgehead atoms. The standard InChI is InChI=1S/C19H36O/c1-4-5-6-7-8-9-10-11-15-18-19(20-18)16-13-12-14-17(2)3/h13,16-19H,4-12,14-15H2,1-3H3/t18-,19+/m0/s1. The number of rotatable bonds is 13. The summed E-state index contributed by atoms with van der Waals surface area (Å²) in [5.41, 5.74) is 0. The molecular weight excluding hydrogens is 244 g/mol. The SMILES string of the molecule is CCCCCCCCCC[C@@H]1O[C@@H]1C=CCCC(C)C. The van der Waals surface area contributed by atoms with Crippen LogP contribution in [0.25, 0.3) is 0 Å². The summed E-state index contributed by atoms with van der Waals surface area (Å²) in [6.07, 6.45) is 20.6. The zero-order chi connectivity index (χ0) is 14.6. The molecule has 0 unspecified atom stereocenters. The molecule has 1 nitrogen and oxygen atoms in total. The van der Waals surface area contributed by atoms with Crippen LogP contribution >= 0.6 is 0 Å². The Kier molecular flexibility index (Phi) is 10.1. The highest BCUT2D eigenvalue weighted by molar-refractivity contribution is 5.02. The lowest BCUT2D eigenvalue weighted by Gasteiger charge is -2.00. The van der Waals surface area contributed by atoms with Gasteiger partial charge in [-0.05, 0) is 25.2 Å². The molecule has 0 saturated carbocycles. The first-order valence-corrected chi connectivity index (χ1v) is 9.06. The molecule has 1 fully saturated rings. The zero-order valence-corrected chi connectivity index (χ0v) is 14.1. The van der Waals surface area contributed by atoms with Gasteiger partial charge in [0.25, 0.3) is 0 Å². The predicted molar refractivity (Wildman–Crippen MR) is 89.1 cm³/mol. The maximum absolute atomic E-state index is 5.70. The third kappa shape index (κ3) is 9.58. The van der Waals surface area contributed by atoms with Crippen molar-refractivity contribution < 1.29 is 4.74 Å². The molecule has 0 aliphatic carbocycles. The maximum Gasteiger partial charge on any atom is 0.102 e. The van der Waals surface area contributed by atoms with Crippen molar-refractivity contribution in [3.63, 3.8) is 0 Å². The molecule has 0 aromatic carbocycles. The van der Waals surface area contributed by atoms with E-state index in [4.69, 9.17) is 4.74 Å². The molecule has 1 aliphatic rings. The fraction of sp³-hybridized carbons (Fsp3) is 0.895. The number of hydrogen-bond donors (Lipinski definition) is 0. The van der Waals surface area contributed by atoms with Crippen LogP contribution in [0.4, 0.5) is 0 Å². The molecule has 0 aromatic heterocycles. The summed E-state index contributed by atoms with van der Waals surface area (Å²) >= 11 is 0. The van der Waals surface area contributed by atoms with Crippen LogP contribution in [0.5, 0.6) is 0 Å². The van der Waals surface area contributed by atoms with E-state index in [1.54, 1.807) is 0 Å². The van der Waals surface area contributed by atoms with E-state index in [-0.39, 0.29) is 0 Å². The van der Waals surface area contributed by atoms with Gasteiger partial charge in [-0.2, -0.15) is 0 Å².